The van der Waals surface area contributed by atoms with Crippen LogP contribution in [0.15, 0.2) is 11.4 Å². The molecule has 7 nitrogen and oxygen atoms in total. The molecule has 19 heavy (non-hydrogen) atoms. The lowest BCUT2D eigenvalue weighted by Gasteiger charge is -2.29. The van der Waals surface area contributed by atoms with Crippen LogP contribution >= 0.6 is 11.8 Å². The van der Waals surface area contributed by atoms with E-state index in [9.17, 15) is 10.1 Å². The SMILES string of the molecule is O=[N+]([O-])c1cn2c(n1)SCC(OC1CCCCO1)C2. The van der Waals surface area contributed by atoms with Gasteiger partial charge in [-0.1, -0.05) is 11.8 Å². The molecule has 3 rings (SSSR count). The number of thioether (sulfide) groups is 1. The van der Waals surface area contributed by atoms with Crippen molar-refractivity contribution in [3.8, 4) is 0 Å². The average molecular weight is 285 g/mol. The Balaban J connectivity index is 1.63. The Morgan fingerprint density at radius 1 is 1.58 bits per heavy atom. The molecule has 0 saturated carbocycles. The van der Waals surface area contributed by atoms with E-state index in [-0.39, 0.29) is 18.2 Å². The Kier molecular flexibility index (Phi) is 3.72. The fourth-order valence-electron chi connectivity index (χ4n) is 2.27. The second kappa shape index (κ2) is 5.48. The molecular formula is C11H15N3O4S. The lowest BCUT2D eigenvalue weighted by atomic mass is 10.2. The molecule has 1 saturated heterocycles. The van der Waals surface area contributed by atoms with Crippen molar-refractivity contribution < 1.29 is 14.4 Å². The van der Waals surface area contributed by atoms with Crippen LogP contribution in [0.1, 0.15) is 19.3 Å². The average Bonchev–Trinajstić information content (AvgIpc) is 2.83. The van der Waals surface area contributed by atoms with E-state index in [1.54, 1.807) is 4.57 Å². The minimum Gasteiger partial charge on any atom is -0.358 e. The first-order valence-corrected chi connectivity index (χ1v) is 7.32. The summed E-state index contributed by atoms with van der Waals surface area (Å²) in [6.07, 6.45) is 4.52. The summed E-state index contributed by atoms with van der Waals surface area (Å²) >= 11 is 1.49. The quantitative estimate of drug-likeness (QED) is 0.622. The molecule has 0 amide bonds. The topological polar surface area (TPSA) is 79.4 Å². The predicted molar refractivity (Wildman–Crippen MR) is 68.1 cm³/mol. The molecule has 2 unspecified atom stereocenters. The maximum Gasteiger partial charge on any atom is 0.382 e. The Bertz CT molecular complexity index is 473. The monoisotopic (exact) mass is 285 g/mol. The molecule has 1 aromatic heterocycles. The molecule has 8 heteroatoms. The summed E-state index contributed by atoms with van der Waals surface area (Å²) < 4.78 is 13.2. The Labute approximate surface area is 114 Å². The van der Waals surface area contributed by atoms with Gasteiger partial charge in [-0.15, -0.1) is 0 Å². The maximum atomic E-state index is 10.7. The van der Waals surface area contributed by atoms with Crippen molar-refractivity contribution in [2.24, 2.45) is 0 Å². The van der Waals surface area contributed by atoms with Gasteiger partial charge in [0.25, 0.3) is 5.16 Å². The minimum absolute atomic E-state index is 0.0226. The van der Waals surface area contributed by atoms with Crippen LogP contribution in [-0.4, -0.2) is 39.2 Å². The van der Waals surface area contributed by atoms with Crippen molar-refractivity contribution in [3.63, 3.8) is 0 Å². The number of fused-ring (bicyclic) bond motifs is 1. The normalized spacial score (nSPS) is 26.9. The van der Waals surface area contributed by atoms with E-state index in [1.165, 1.54) is 18.0 Å². The third-order valence-electron chi connectivity index (χ3n) is 3.20. The van der Waals surface area contributed by atoms with Gasteiger partial charge < -0.3 is 19.6 Å². The van der Waals surface area contributed by atoms with Gasteiger partial charge in [0.2, 0.25) is 0 Å². The van der Waals surface area contributed by atoms with Gasteiger partial charge in [-0.05, 0) is 29.2 Å². The molecule has 3 heterocycles. The number of imidazole rings is 1. The molecule has 2 atom stereocenters. The van der Waals surface area contributed by atoms with Crippen LogP contribution in [0.3, 0.4) is 0 Å². The van der Waals surface area contributed by atoms with Crippen LogP contribution in [0.4, 0.5) is 5.82 Å². The van der Waals surface area contributed by atoms with Crippen LogP contribution in [0.25, 0.3) is 0 Å². The summed E-state index contributed by atoms with van der Waals surface area (Å²) in [6.45, 7) is 1.36. The van der Waals surface area contributed by atoms with E-state index >= 15 is 0 Å². The molecule has 104 valence electrons. The van der Waals surface area contributed by atoms with E-state index in [0.29, 0.717) is 11.7 Å². The molecule has 2 aliphatic rings. The highest BCUT2D eigenvalue weighted by Gasteiger charge is 2.29. The Morgan fingerprint density at radius 3 is 3.21 bits per heavy atom. The predicted octanol–water partition coefficient (Wildman–Crippen LogP) is 1.81. The smallest absolute Gasteiger partial charge is 0.358 e. The molecule has 2 aliphatic heterocycles. The maximum absolute atomic E-state index is 10.7. The third kappa shape index (κ3) is 2.90. The first-order valence-electron chi connectivity index (χ1n) is 6.34. The standard InChI is InChI=1S/C11H15N3O4S/c15-14(16)9-6-13-5-8(7-19-11(13)12-9)18-10-3-1-2-4-17-10/h6,8,10H,1-5,7H2. The number of hydrogen-bond donors (Lipinski definition) is 0. The molecule has 0 radical (unpaired) electrons. The molecule has 0 spiro atoms. The van der Waals surface area contributed by atoms with Gasteiger partial charge >= 0.3 is 5.82 Å². The summed E-state index contributed by atoms with van der Waals surface area (Å²) in [5.74, 6) is 0.658. The first kappa shape index (κ1) is 12.9. The minimum atomic E-state index is -0.466. The highest BCUT2D eigenvalue weighted by atomic mass is 32.2. The first-order chi connectivity index (χ1) is 9.22. The summed E-state index contributed by atoms with van der Waals surface area (Å²) in [6, 6.07) is 0. The summed E-state index contributed by atoms with van der Waals surface area (Å²) in [4.78, 5) is 14.2. The number of nitro groups is 1. The fourth-order valence-corrected chi connectivity index (χ4v) is 3.24. The Hall–Kier alpha value is -1.12. The molecule has 0 aliphatic carbocycles. The second-order valence-corrected chi connectivity index (χ2v) is 5.64. The largest absolute Gasteiger partial charge is 0.382 e. The molecule has 1 fully saturated rings. The van der Waals surface area contributed by atoms with E-state index in [1.807, 2.05) is 0 Å². The van der Waals surface area contributed by atoms with Crippen LogP contribution in [0.5, 0.6) is 0 Å². The second-order valence-electron chi connectivity index (χ2n) is 4.66. The lowest BCUT2D eigenvalue weighted by molar-refractivity contribution is -0.389. The van der Waals surface area contributed by atoms with Gasteiger partial charge in [-0.25, -0.2) is 0 Å². The van der Waals surface area contributed by atoms with Gasteiger partial charge in [-0.2, -0.15) is 0 Å². The van der Waals surface area contributed by atoms with Gasteiger partial charge in [0.1, 0.15) is 6.20 Å². The number of aromatic nitrogens is 2. The molecule has 1 aromatic rings. The zero-order valence-electron chi connectivity index (χ0n) is 10.4. The number of hydrogen-bond acceptors (Lipinski definition) is 6. The van der Waals surface area contributed by atoms with E-state index in [2.05, 4.69) is 4.98 Å². The number of rotatable bonds is 3. The van der Waals surface area contributed by atoms with Crippen LogP contribution < -0.4 is 0 Å². The van der Waals surface area contributed by atoms with Gasteiger partial charge in [0.15, 0.2) is 6.29 Å². The number of ether oxygens (including phenoxy) is 2. The van der Waals surface area contributed by atoms with Crippen LogP contribution in [0, 0.1) is 10.1 Å². The van der Waals surface area contributed by atoms with Crippen LogP contribution in [0.2, 0.25) is 0 Å². The lowest BCUT2D eigenvalue weighted by Crippen LogP contribution is -2.33. The van der Waals surface area contributed by atoms with Crippen molar-refractivity contribution in [1.29, 1.82) is 0 Å². The van der Waals surface area contributed by atoms with E-state index < -0.39 is 4.92 Å². The molecule has 0 N–H and O–H groups in total. The Morgan fingerprint density at radius 2 is 2.47 bits per heavy atom. The fraction of sp³-hybridized carbons (Fsp3) is 0.727. The van der Waals surface area contributed by atoms with Gasteiger partial charge in [-0.3, -0.25) is 4.57 Å². The highest BCUT2D eigenvalue weighted by Crippen LogP contribution is 2.29. The van der Waals surface area contributed by atoms with Crippen molar-refractivity contribution in [2.75, 3.05) is 12.4 Å². The van der Waals surface area contributed by atoms with Crippen LogP contribution in [-0.2, 0) is 16.0 Å². The summed E-state index contributed by atoms with van der Waals surface area (Å²) in [7, 11) is 0. The van der Waals surface area contributed by atoms with E-state index in [0.717, 1.165) is 31.6 Å². The highest BCUT2D eigenvalue weighted by molar-refractivity contribution is 7.99. The van der Waals surface area contributed by atoms with Crippen molar-refractivity contribution >= 4 is 17.6 Å². The summed E-state index contributed by atoms with van der Waals surface area (Å²) in [5.41, 5.74) is 0. The zero-order chi connectivity index (χ0) is 13.2. The number of nitrogens with zero attached hydrogens (tertiary/aromatic N) is 3. The molecule has 0 aromatic carbocycles. The summed E-state index contributed by atoms with van der Waals surface area (Å²) in [5, 5.41) is 11.4. The molecule has 0 bridgehead atoms. The van der Waals surface area contributed by atoms with Gasteiger partial charge in [0, 0.05) is 12.4 Å². The van der Waals surface area contributed by atoms with Crippen molar-refractivity contribution in [3.05, 3.63) is 16.3 Å². The third-order valence-corrected chi connectivity index (χ3v) is 4.32. The van der Waals surface area contributed by atoms with Crippen molar-refractivity contribution in [1.82, 2.24) is 9.55 Å². The zero-order valence-corrected chi connectivity index (χ0v) is 11.2. The van der Waals surface area contributed by atoms with Gasteiger partial charge in [0.05, 0.1) is 12.6 Å². The van der Waals surface area contributed by atoms with Crippen molar-refractivity contribution in [2.45, 2.75) is 43.4 Å². The van der Waals surface area contributed by atoms with E-state index in [4.69, 9.17) is 9.47 Å². The molecular weight excluding hydrogens is 270 g/mol.